The van der Waals surface area contributed by atoms with Gasteiger partial charge in [0.15, 0.2) is 27.4 Å². The Bertz CT molecular complexity index is 3100. The van der Waals surface area contributed by atoms with E-state index in [9.17, 15) is 15.3 Å². The SMILES string of the molecule is CC[C@]1(O)CCC[C@](C(=O)OC)(c2cc3c(cc2OC)N(C)[C@H]2[C@@](O)(C(=O)NCCC[Si](C)(C)O[Si](C)(C)CSc4ncc(Cn5cc(C)nn5)cn4)[C@H](O)[C@]4(CC)C=CCN5CC[C@]32[C@@H]54)c2[nH]c3ccccc3c2CCNC1. The first-order valence-electron chi connectivity index (χ1n) is 28.3. The van der Waals surface area contributed by atoms with E-state index < -0.39 is 68.1 Å². The molecule has 7 heterocycles. The lowest BCUT2D eigenvalue weighted by molar-refractivity contribution is -0.203. The van der Waals surface area contributed by atoms with Crippen LogP contribution in [0.1, 0.15) is 92.4 Å². The molecule has 0 unspecified atom stereocenters. The largest absolute Gasteiger partial charge is 0.496 e. The van der Waals surface area contributed by atoms with Crippen LogP contribution < -0.4 is 20.3 Å². The van der Waals surface area contributed by atoms with Crippen LogP contribution in [-0.4, -0.2) is 167 Å². The number of aromatic amines is 1. The standard InChI is InChI=1S/C58H82N10O8SSi2/c1-11-54(72)21-15-23-56(52(71)75-6,47-41(20-26-59-36-54)40-18-13-14-19-44(40)63-47)43-30-42-45(31-46(43)74-5)66(4)49-57(42)24-28-67-27-16-22-55(12-2,48(57)67)50(69)58(49,73)51(70)60-25-17-29-78(7,8)76-79(9,10)37-77-53-61-32-39(33-62-53)35-68-34-38(3)64-65-68/h13-14,16,18-19,22,30-34,48-50,59,63,69,72-73H,11-12,15,17,20-21,23-29,35-37H2,1-10H3,(H,60,70)/t48-,49+,50+,54-,55+,56-,57+,58-/m0/s1. The molecule has 1 aliphatic carbocycles. The minimum absolute atomic E-state index is 0.286. The number of aliphatic hydroxyl groups is 3. The number of nitrogens with zero attached hydrogens (tertiary/aromatic N) is 7. The number of aromatic nitrogens is 6. The molecule has 1 spiro atoms. The summed E-state index contributed by atoms with van der Waals surface area (Å²) >= 11 is 1.61. The van der Waals surface area contributed by atoms with E-state index in [0.29, 0.717) is 101 Å². The number of carbonyl (C=O) groups excluding carboxylic acids is 2. The molecular formula is C58H82N10O8SSi2. The highest BCUT2D eigenvalue weighted by molar-refractivity contribution is 8.00. The zero-order chi connectivity index (χ0) is 56.3. The average Bonchev–Trinajstić information content (AvgIpc) is 1.85. The molecule has 21 heteroatoms. The highest BCUT2D eigenvalue weighted by atomic mass is 32.2. The van der Waals surface area contributed by atoms with Gasteiger partial charge in [-0.3, -0.25) is 14.5 Å². The highest BCUT2D eigenvalue weighted by Crippen LogP contribution is 2.67. The van der Waals surface area contributed by atoms with Gasteiger partial charge in [-0.2, -0.15) is 0 Å². The number of methoxy groups -OCH3 is 2. The third-order valence-electron chi connectivity index (χ3n) is 18.5. The van der Waals surface area contributed by atoms with Gasteiger partial charge in [0.05, 0.1) is 38.1 Å². The number of nitrogens with one attached hydrogen (secondary N) is 3. The summed E-state index contributed by atoms with van der Waals surface area (Å²) in [6.07, 6.45) is 12.3. The fraction of sp³-hybridized carbons (Fsp3) is 0.586. The van der Waals surface area contributed by atoms with Crippen LogP contribution in [0.15, 0.2) is 72.3 Å². The molecule has 1 saturated heterocycles. The lowest BCUT2D eigenvalue weighted by Crippen LogP contribution is -2.81. The smallest absolute Gasteiger partial charge is 0.322 e. The third-order valence-corrected chi connectivity index (χ3v) is 28.3. The molecule has 79 heavy (non-hydrogen) atoms. The van der Waals surface area contributed by atoms with Gasteiger partial charge in [0.2, 0.25) is 0 Å². The summed E-state index contributed by atoms with van der Waals surface area (Å²) in [5.74, 6) is -0.603. The van der Waals surface area contributed by atoms with E-state index in [0.717, 1.165) is 56.1 Å². The number of esters is 1. The van der Waals surface area contributed by atoms with Crippen LogP contribution in [-0.2, 0) is 42.2 Å². The predicted molar refractivity (Wildman–Crippen MR) is 312 cm³/mol. The fourth-order valence-electron chi connectivity index (χ4n) is 15.0. The molecule has 3 aromatic heterocycles. The average molecular weight is 1140 g/mol. The van der Waals surface area contributed by atoms with Gasteiger partial charge in [0.25, 0.3) is 5.91 Å². The summed E-state index contributed by atoms with van der Waals surface area (Å²) in [6.45, 7) is 18.0. The zero-order valence-corrected chi connectivity index (χ0v) is 50.6. The number of carbonyl (C=O) groups is 2. The molecule has 6 N–H and O–H groups in total. The fourth-order valence-corrected chi connectivity index (χ4v) is 25.4. The van der Waals surface area contributed by atoms with Crippen molar-refractivity contribution in [1.82, 2.24) is 45.5 Å². The van der Waals surface area contributed by atoms with Crippen LogP contribution >= 0.6 is 11.8 Å². The van der Waals surface area contributed by atoms with Crippen molar-refractivity contribution in [2.75, 3.05) is 64.3 Å². The number of β-amino-alcohol motifs (C(OH)–C–C–N with tert-alkyl or cyclic N) is 1. The number of aliphatic hydroxyl groups excluding tert-OH is 1. The summed E-state index contributed by atoms with van der Waals surface area (Å²) in [6, 6.07) is 11.8. The second kappa shape index (κ2) is 21.7. The second-order valence-corrected chi connectivity index (χ2v) is 34.5. The van der Waals surface area contributed by atoms with Crippen molar-refractivity contribution in [3.8, 4) is 5.75 Å². The van der Waals surface area contributed by atoms with Crippen LogP contribution in [0.2, 0.25) is 32.2 Å². The van der Waals surface area contributed by atoms with E-state index in [2.05, 4.69) is 91.3 Å². The zero-order valence-electron chi connectivity index (χ0n) is 47.8. The van der Waals surface area contributed by atoms with E-state index in [1.165, 1.54) is 7.11 Å². The van der Waals surface area contributed by atoms with Crippen molar-refractivity contribution in [2.24, 2.45) is 5.41 Å². The lowest BCUT2D eigenvalue weighted by Gasteiger charge is -2.63. The van der Waals surface area contributed by atoms with Crippen LogP contribution in [0.5, 0.6) is 5.75 Å². The van der Waals surface area contributed by atoms with Gasteiger partial charge in [0, 0.05) is 107 Å². The normalized spacial score (nSPS) is 28.9. The molecule has 18 nitrogen and oxygen atoms in total. The number of thioether (sulfide) groups is 1. The van der Waals surface area contributed by atoms with Gasteiger partial charge < -0.3 is 49.4 Å². The first kappa shape index (κ1) is 57.3. The van der Waals surface area contributed by atoms with E-state index >= 15 is 9.59 Å². The maximum atomic E-state index is 15.4. The van der Waals surface area contributed by atoms with Crippen molar-refractivity contribution < 1.29 is 38.5 Å². The van der Waals surface area contributed by atoms with Crippen LogP contribution in [0.25, 0.3) is 10.9 Å². The Hall–Kier alpha value is -4.98. The first-order chi connectivity index (χ1) is 37.7. The number of anilines is 1. The van der Waals surface area contributed by atoms with E-state index in [1.807, 2.05) is 75.6 Å². The number of benzene rings is 2. The van der Waals surface area contributed by atoms with Crippen molar-refractivity contribution in [2.45, 2.75) is 156 Å². The number of fused-ring (bicyclic) bond motifs is 4. The van der Waals surface area contributed by atoms with Crippen LogP contribution in [0, 0.1) is 12.3 Å². The molecule has 8 atom stereocenters. The number of para-hydroxylation sites is 1. The Kier molecular flexibility index (Phi) is 15.8. The Morgan fingerprint density at radius 1 is 0.987 bits per heavy atom. The highest BCUT2D eigenvalue weighted by Gasteiger charge is 2.78. The Morgan fingerprint density at radius 2 is 1.76 bits per heavy atom. The third kappa shape index (κ3) is 9.79. The van der Waals surface area contributed by atoms with Crippen molar-refractivity contribution in [3.05, 3.63) is 101 Å². The maximum Gasteiger partial charge on any atom is 0.322 e. The van der Waals surface area contributed by atoms with Crippen molar-refractivity contribution in [1.29, 1.82) is 0 Å². The lowest BCUT2D eigenvalue weighted by atomic mass is 9.47. The predicted octanol–water partition coefficient (Wildman–Crippen LogP) is 6.30. The molecule has 2 aromatic carbocycles. The van der Waals surface area contributed by atoms with Gasteiger partial charge in [-0.25, -0.2) is 14.6 Å². The Labute approximate surface area is 471 Å². The summed E-state index contributed by atoms with van der Waals surface area (Å²) in [5, 5.41) is 56.1. The molecule has 426 valence electrons. The molecule has 0 bridgehead atoms. The quantitative estimate of drug-likeness (QED) is 0.0150. The van der Waals surface area contributed by atoms with Gasteiger partial charge in [-0.1, -0.05) is 61.2 Å². The molecule has 1 amide bonds. The summed E-state index contributed by atoms with van der Waals surface area (Å²) in [7, 11) is 0.508. The number of hydrogen-bond acceptors (Lipinski definition) is 16. The maximum absolute atomic E-state index is 15.4. The Balaban J connectivity index is 0.961. The number of H-pyrrole nitrogens is 1. The number of amides is 1. The minimum atomic E-state index is -2.28. The van der Waals surface area contributed by atoms with Crippen molar-refractivity contribution >= 4 is 56.9 Å². The Morgan fingerprint density at radius 3 is 2.47 bits per heavy atom. The summed E-state index contributed by atoms with van der Waals surface area (Å²) in [5.41, 5.74) is 0.0484. The first-order valence-corrected chi connectivity index (χ1v) is 35.6. The molecule has 0 radical (unpaired) electrons. The van der Waals surface area contributed by atoms with Crippen LogP contribution in [0.3, 0.4) is 0 Å². The van der Waals surface area contributed by atoms with Gasteiger partial charge >= 0.3 is 5.97 Å². The van der Waals surface area contributed by atoms with E-state index in [-0.39, 0.29) is 12.6 Å². The monoisotopic (exact) mass is 1130 g/mol. The molecule has 10 rings (SSSR count). The van der Waals surface area contributed by atoms with Crippen molar-refractivity contribution in [3.63, 3.8) is 0 Å². The molecule has 2 fully saturated rings. The summed E-state index contributed by atoms with van der Waals surface area (Å²) < 4.78 is 21.2. The number of aryl methyl sites for hydroxylation is 1. The molecular weight excluding hydrogens is 1050 g/mol. The summed E-state index contributed by atoms with van der Waals surface area (Å²) in [4.78, 5) is 48.2. The number of likely N-dealkylation sites (N-methyl/N-ethyl adjacent to an activating group) is 1. The molecule has 1 saturated carbocycles. The molecule has 5 aromatic rings. The van der Waals surface area contributed by atoms with E-state index in [4.69, 9.17) is 13.6 Å². The van der Waals surface area contributed by atoms with Crippen LogP contribution in [0.4, 0.5) is 5.69 Å². The number of rotatable bonds is 17. The topological polar surface area (TPSA) is 225 Å². The molecule has 4 aliphatic heterocycles. The minimum Gasteiger partial charge on any atom is -0.496 e. The van der Waals surface area contributed by atoms with E-state index in [1.54, 1.807) is 23.6 Å². The van der Waals surface area contributed by atoms with Gasteiger partial charge in [-0.15, -0.1) is 5.10 Å². The second-order valence-electron chi connectivity index (χ2n) is 24.3. The number of ether oxygens (including phenoxy) is 2. The number of hydrogen-bond donors (Lipinski definition) is 6. The van der Waals surface area contributed by atoms with Gasteiger partial charge in [0.1, 0.15) is 17.3 Å². The molecule has 5 aliphatic rings. The van der Waals surface area contributed by atoms with Gasteiger partial charge in [-0.05, 0) is 127 Å².